The molecule has 0 aliphatic rings. The van der Waals surface area contributed by atoms with E-state index < -0.39 is 0 Å². The van der Waals surface area contributed by atoms with E-state index in [1.807, 2.05) is 59.4 Å². The molecular weight excluding hydrogens is 386 g/mol. The van der Waals surface area contributed by atoms with Crippen molar-refractivity contribution in [2.75, 3.05) is 13.1 Å². The third-order valence-corrected chi connectivity index (χ3v) is 5.00. The van der Waals surface area contributed by atoms with Crippen molar-refractivity contribution in [3.05, 3.63) is 83.1 Å². The van der Waals surface area contributed by atoms with Crippen molar-refractivity contribution in [3.8, 4) is 23.4 Å². The van der Waals surface area contributed by atoms with E-state index in [2.05, 4.69) is 26.0 Å². The molecule has 1 aromatic heterocycles. The van der Waals surface area contributed by atoms with E-state index in [4.69, 9.17) is 15.6 Å². The Labute approximate surface area is 182 Å². The number of aromatic nitrogens is 2. The van der Waals surface area contributed by atoms with E-state index >= 15 is 0 Å². The van der Waals surface area contributed by atoms with Crippen LogP contribution in [0.5, 0.6) is 0 Å². The molecule has 0 N–H and O–H groups in total. The summed E-state index contributed by atoms with van der Waals surface area (Å²) >= 11 is 0. The zero-order chi connectivity index (χ0) is 22.2. The second kappa shape index (κ2) is 10.0. The van der Waals surface area contributed by atoms with E-state index in [0.717, 1.165) is 27.9 Å². The third kappa shape index (κ3) is 5.46. The average Bonchev–Trinajstić information content (AvgIpc) is 3.17. The second-order valence-electron chi connectivity index (χ2n) is 7.26. The van der Waals surface area contributed by atoms with Crippen molar-refractivity contribution < 1.29 is 4.79 Å². The van der Waals surface area contributed by atoms with Crippen LogP contribution in [0, 0.1) is 36.5 Å². The molecule has 0 unspecified atom stereocenters. The van der Waals surface area contributed by atoms with Crippen LogP contribution in [-0.2, 0) is 11.3 Å². The Kier molecular flexibility index (Phi) is 6.98. The van der Waals surface area contributed by atoms with Crippen molar-refractivity contribution in [2.24, 2.45) is 0 Å². The fraction of sp³-hybridized carbons (Fsp3) is 0.200. The Morgan fingerprint density at radius 3 is 2.42 bits per heavy atom. The maximum atomic E-state index is 12.5. The molecule has 3 aromatic rings. The number of rotatable bonds is 7. The molecule has 0 fully saturated rings. The summed E-state index contributed by atoms with van der Waals surface area (Å²) < 4.78 is 1.85. The highest BCUT2D eigenvalue weighted by Gasteiger charge is 2.13. The van der Waals surface area contributed by atoms with Gasteiger partial charge in [0.15, 0.2) is 0 Å². The average molecular weight is 409 g/mol. The fourth-order valence-electron chi connectivity index (χ4n) is 3.17. The van der Waals surface area contributed by atoms with Gasteiger partial charge in [-0.3, -0.25) is 9.48 Å². The lowest BCUT2D eigenvalue weighted by molar-refractivity contribution is -0.124. The minimum absolute atomic E-state index is 0.131. The summed E-state index contributed by atoms with van der Waals surface area (Å²) in [5.74, 6) is -0.384. The topological polar surface area (TPSA) is 85.7 Å². The van der Waals surface area contributed by atoms with Gasteiger partial charge < -0.3 is 4.90 Å². The maximum Gasteiger partial charge on any atom is 0.248 e. The number of hydrogen-bond donors (Lipinski definition) is 0. The van der Waals surface area contributed by atoms with Crippen molar-refractivity contribution in [1.29, 1.82) is 10.5 Å². The largest absolute Gasteiger partial charge is 0.313 e. The summed E-state index contributed by atoms with van der Waals surface area (Å²) in [6.07, 6.45) is 4.99. The minimum atomic E-state index is -0.384. The number of aryl methyl sites for hydroxylation is 2. The van der Waals surface area contributed by atoms with Gasteiger partial charge in [0.2, 0.25) is 5.91 Å². The predicted octanol–water partition coefficient (Wildman–Crippen LogP) is 4.10. The Morgan fingerprint density at radius 1 is 1.06 bits per heavy atom. The molecule has 6 nitrogen and oxygen atoms in total. The van der Waals surface area contributed by atoms with E-state index in [1.54, 1.807) is 6.08 Å². The lowest BCUT2D eigenvalue weighted by Gasteiger charge is -2.12. The standard InChI is InChI=1S/C25H23N5O/c1-19-8-9-22(16-20(19)2)25-23(10-11-24(31)29(14-12-26)15-13-27)18-30(28-25)17-21-6-4-3-5-7-21/h3-11,16,18H,14-15,17H2,1-2H3/b11-10+. The second-order valence-corrected chi connectivity index (χ2v) is 7.26. The fourth-order valence-corrected chi connectivity index (χ4v) is 3.17. The van der Waals surface area contributed by atoms with Crippen LogP contribution < -0.4 is 0 Å². The number of amides is 1. The third-order valence-electron chi connectivity index (χ3n) is 5.00. The zero-order valence-electron chi connectivity index (χ0n) is 17.6. The number of carbonyl (C=O) groups excluding carboxylic acids is 1. The van der Waals surface area contributed by atoms with Crippen LogP contribution >= 0.6 is 0 Å². The van der Waals surface area contributed by atoms with Gasteiger partial charge in [-0.1, -0.05) is 42.5 Å². The van der Waals surface area contributed by atoms with Gasteiger partial charge in [0.25, 0.3) is 0 Å². The minimum Gasteiger partial charge on any atom is -0.313 e. The van der Waals surface area contributed by atoms with Gasteiger partial charge in [-0.05, 0) is 42.7 Å². The zero-order valence-corrected chi connectivity index (χ0v) is 17.6. The molecule has 0 radical (unpaired) electrons. The lowest BCUT2D eigenvalue weighted by atomic mass is 10.0. The quantitative estimate of drug-likeness (QED) is 0.434. The van der Waals surface area contributed by atoms with Crippen molar-refractivity contribution in [1.82, 2.24) is 14.7 Å². The van der Waals surface area contributed by atoms with E-state index in [0.29, 0.717) is 6.54 Å². The number of nitriles is 2. The molecule has 2 aromatic carbocycles. The summed E-state index contributed by atoms with van der Waals surface area (Å²) in [5, 5.41) is 22.6. The molecule has 0 bridgehead atoms. The van der Waals surface area contributed by atoms with Crippen LogP contribution in [0.2, 0.25) is 0 Å². The van der Waals surface area contributed by atoms with E-state index in [9.17, 15) is 4.79 Å². The molecule has 1 heterocycles. The highest BCUT2D eigenvalue weighted by molar-refractivity contribution is 5.93. The van der Waals surface area contributed by atoms with Crippen molar-refractivity contribution in [2.45, 2.75) is 20.4 Å². The molecule has 0 spiro atoms. The molecule has 6 heteroatoms. The molecular formula is C25H23N5O. The Bertz CT molecular complexity index is 1160. The van der Waals surface area contributed by atoms with Gasteiger partial charge in [0, 0.05) is 23.4 Å². The highest BCUT2D eigenvalue weighted by atomic mass is 16.2. The van der Waals surface area contributed by atoms with E-state index in [-0.39, 0.29) is 19.0 Å². The van der Waals surface area contributed by atoms with Crippen LogP contribution in [0.15, 0.2) is 60.8 Å². The molecule has 0 atom stereocenters. The summed E-state index contributed by atoms with van der Waals surface area (Å²) in [6, 6.07) is 20.0. The monoisotopic (exact) mass is 409 g/mol. The molecule has 0 aliphatic heterocycles. The Hall–Kier alpha value is -4.16. The maximum absolute atomic E-state index is 12.5. The normalized spacial score (nSPS) is 10.6. The van der Waals surface area contributed by atoms with Gasteiger partial charge in [-0.2, -0.15) is 15.6 Å². The summed E-state index contributed by atoms with van der Waals surface area (Å²) in [6.45, 7) is 4.46. The van der Waals surface area contributed by atoms with Gasteiger partial charge in [0.05, 0.1) is 24.4 Å². The Balaban J connectivity index is 1.96. The number of nitrogens with zero attached hydrogens (tertiary/aromatic N) is 5. The molecule has 3 rings (SSSR count). The van der Waals surface area contributed by atoms with Crippen LogP contribution in [0.25, 0.3) is 17.3 Å². The lowest BCUT2D eigenvalue weighted by Crippen LogP contribution is -2.30. The smallest absolute Gasteiger partial charge is 0.248 e. The summed E-state index contributed by atoms with van der Waals surface area (Å²) in [5.41, 5.74) is 6.01. The first-order valence-corrected chi connectivity index (χ1v) is 9.91. The SMILES string of the molecule is Cc1ccc(-c2nn(Cc3ccccc3)cc2/C=C/C(=O)N(CC#N)CC#N)cc1C. The summed E-state index contributed by atoms with van der Waals surface area (Å²) in [4.78, 5) is 13.6. The van der Waals surface area contributed by atoms with Gasteiger partial charge in [-0.15, -0.1) is 0 Å². The van der Waals surface area contributed by atoms with Crippen LogP contribution in [0.4, 0.5) is 0 Å². The predicted molar refractivity (Wildman–Crippen MR) is 120 cm³/mol. The van der Waals surface area contributed by atoms with Crippen molar-refractivity contribution in [3.63, 3.8) is 0 Å². The molecule has 31 heavy (non-hydrogen) atoms. The van der Waals surface area contributed by atoms with Crippen LogP contribution in [0.1, 0.15) is 22.3 Å². The molecule has 1 amide bonds. The first kappa shape index (κ1) is 21.5. The first-order chi connectivity index (χ1) is 15.0. The molecule has 0 saturated carbocycles. The first-order valence-electron chi connectivity index (χ1n) is 9.91. The number of benzene rings is 2. The Morgan fingerprint density at radius 2 is 1.77 bits per heavy atom. The van der Waals surface area contributed by atoms with Crippen molar-refractivity contribution >= 4 is 12.0 Å². The molecule has 0 saturated heterocycles. The van der Waals surface area contributed by atoms with Gasteiger partial charge in [0.1, 0.15) is 13.1 Å². The van der Waals surface area contributed by atoms with Crippen LogP contribution in [0.3, 0.4) is 0 Å². The highest BCUT2D eigenvalue weighted by Crippen LogP contribution is 2.26. The number of hydrogen-bond acceptors (Lipinski definition) is 4. The molecule has 154 valence electrons. The summed E-state index contributed by atoms with van der Waals surface area (Å²) in [7, 11) is 0. The van der Waals surface area contributed by atoms with Gasteiger partial charge in [-0.25, -0.2) is 0 Å². The van der Waals surface area contributed by atoms with E-state index in [1.165, 1.54) is 16.5 Å². The van der Waals surface area contributed by atoms with Gasteiger partial charge >= 0.3 is 0 Å². The number of carbonyl (C=O) groups is 1. The van der Waals surface area contributed by atoms with Crippen LogP contribution in [-0.4, -0.2) is 33.7 Å². The molecule has 0 aliphatic carbocycles.